The molecule has 0 radical (unpaired) electrons. The van der Waals surface area contributed by atoms with Gasteiger partial charge in [0, 0.05) is 19.3 Å². The van der Waals surface area contributed by atoms with Gasteiger partial charge in [-0.15, -0.1) is 0 Å². The van der Waals surface area contributed by atoms with Crippen molar-refractivity contribution in [1.29, 1.82) is 5.41 Å². The van der Waals surface area contributed by atoms with Gasteiger partial charge >= 0.3 is 0 Å². The van der Waals surface area contributed by atoms with E-state index >= 15 is 0 Å². The Bertz CT molecular complexity index is 408. The molecule has 1 aromatic rings. The number of pyridine rings is 1. The molecular weight excluding hydrogens is 224 g/mol. The van der Waals surface area contributed by atoms with E-state index in [0.29, 0.717) is 11.7 Å². The Morgan fingerprint density at radius 3 is 2.61 bits per heavy atom. The Hall–Kier alpha value is -1.58. The normalized spacial score (nSPS) is 17.2. The number of nitrogens with one attached hydrogen (secondary N) is 1. The maximum atomic E-state index is 7.62. The quantitative estimate of drug-likeness (QED) is 0.489. The third kappa shape index (κ3) is 2.81. The average Bonchev–Trinajstić information content (AvgIpc) is 2.66. The van der Waals surface area contributed by atoms with Gasteiger partial charge in [-0.2, -0.15) is 0 Å². The van der Waals surface area contributed by atoms with Crippen LogP contribution in [0.3, 0.4) is 0 Å². The summed E-state index contributed by atoms with van der Waals surface area (Å²) in [4.78, 5) is 6.49. The van der Waals surface area contributed by atoms with Gasteiger partial charge in [-0.05, 0) is 25.0 Å². The fourth-order valence-electron chi connectivity index (χ4n) is 2.73. The predicted octanol–water partition coefficient (Wildman–Crippen LogP) is 2.52. The van der Waals surface area contributed by atoms with Gasteiger partial charge in [0.05, 0.1) is 5.69 Å². The third-order valence-corrected chi connectivity index (χ3v) is 3.79. The van der Waals surface area contributed by atoms with Crippen LogP contribution in [0.15, 0.2) is 18.3 Å². The fourth-order valence-corrected chi connectivity index (χ4v) is 2.73. The van der Waals surface area contributed by atoms with Gasteiger partial charge in [-0.25, -0.2) is 0 Å². The van der Waals surface area contributed by atoms with Crippen molar-refractivity contribution in [3.63, 3.8) is 0 Å². The summed E-state index contributed by atoms with van der Waals surface area (Å²) < 4.78 is 0. The molecule has 2 rings (SSSR count). The van der Waals surface area contributed by atoms with Crippen LogP contribution in [0, 0.1) is 5.41 Å². The van der Waals surface area contributed by atoms with Crippen LogP contribution in [0.4, 0.5) is 5.69 Å². The highest BCUT2D eigenvalue weighted by molar-refractivity contribution is 5.98. The lowest BCUT2D eigenvalue weighted by atomic mass is 10.1. The van der Waals surface area contributed by atoms with E-state index in [1.54, 1.807) is 6.20 Å². The lowest BCUT2D eigenvalue weighted by Gasteiger charge is -2.30. The highest BCUT2D eigenvalue weighted by Gasteiger charge is 2.20. The maximum absolute atomic E-state index is 7.62. The zero-order valence-electron chi connectivity index (χ0n) is 11.0. The summed E-state index contributed by atoms with van der Waals surface area (Å²) >= 11 is 0. The smallest absolute Gasteiger partial charge is 0.143 e. The number of nitrogen functional groups attached to an aromatic ring is 1. The Morgan fingerprint density at radius 2 is 2.00 bits per heavy atom. The number of hydrogen-bond acceptors (Lipinski definition) is 3. The minimum Gasteiger partial charge on any atom is -0.382 e. The van der Waals surface area contributed by atoms with Crippen LogP contribution in [-0.4, -0.2) is 23.9 Å². The molecule has 98 valence electrons. The van der Waals surface area contributed by atoms with Crippen molar-refractivity contribution in [1.82, 2.24) is 4.98 Å². The summed E-state index contributed by atoms with van der Waals surface area (Å²) in [5.41, 5.74) is 7.19. The number of anilines is 1. The lowest BCUT2D eigenvalue weighted by Crippen LogP contribution is -2.33. The first kappa shape index (κ1) is 12.9. The van der Waals surface area contributed by atoms with Gasteiger partial charge in [0.1, 0.15) is 11.5 Å². The summed E-state index contributed by atoms with van der Waals surface area (Å²) in [6, 6.07) is 4.47. The molecule has 1 saturated carbocycles. The molecule has 1 heterocycles. The monoisotopic (exact) mass is 246 g/mol. The molecule has 0 amide bonds. The maximum Gasteiger partial charge on any atom is 0.143 e. The van der Waals surface area contributed by atoms with Crippen LogP contribution in [0.25, 0.3) is 0 Å². The third-order valence-electron chi connectivity index (χ3n) is 3.79. The van der Waals surface area contributed by atoms with Crippen molar-refractivity contribution in [3.05, 3.63) is 24.0 Å². The second kappa shape index (κ2) is 5.85. The van der Waals surface area contributed by atoms with Crippen LogP contribution >= 0.6 is 0 Å². The van der Waals surface area contributed by atoms with E-state index in [-0.39, 0.29) is 5.84 Å². The van der Waals surface area contributed by atoms with E-state index in [9.17, 15) is 0 Å². The van der Waals surface area contributed by atoms with Gasteiger partial charge in [-0.1, -0.05) is 25.7 Å². The molecule has 1 aliphatic rings. The van der Waals surface area contributed by atoms with Crippen molar-refractivity contribution in [3.8, 4) is 0 Å². The van der Waals surface area contributed by atoms with E-state index in [1.165, 1.54) is 38.5 Å². The molecule has 4 nitrogen and oxygen atoms in total. The summed E-state index contributed by atoms with van der Waals surface area (Å²) in [6.07, 6.45) is 9.43. The molecule has 0 atom stereocenters. The van der Waals surface area contributed by atoms with Crippen LogP contribution in [0.5, 0.6) is 0 Å². The topological polar surface area (TPSA) is 66.0 Å². The molecule has 0 aliphatic heterocycles. The zero-order chi connectivity index (χ0) is 13.0. The highest BCUT2D eigenvalue weighted by atomic mass is 15.1. The molecule has 1 aromatic heterocycles. The summed E-state index contributed by atoms with van der Waals surface area (Å²) in [5, 5.41) is 7.62. The van der Waals surface area contributed by atoms with E-state index in [4.69, 9.17) is 11.1 Å². The Labute approximate surface area is 109 Å². The molecule has 0 unspecified atom stereocenters. The standard InChI is InChI=1S/C14H22N4/c1-18(11-7-4-2-3-5-8-11)12-9-6-10-17-13(12)14(15)16/h6,9-11H,2-5,7-8H2,1H3,(H3,15,16). The van der Waals surface area contributed by atoms with Crippen molar-refractivity contribution >= 4 is 11.5 Å². The van der Waals surface area contributed by atoms with E-state index in [0.717, 1.165) is 5.69 Å². The van der Waals surface area contributed by atoms with Crippen molar-refractivity contribution in [2.45, 2.75) is 44.6 Å². The SMILES string of the molecule is CN(c1cccnc1C(=N)N)C1CCCCCC1. The van der Waals surface area contributed by atoms with Crippen LogP contribution < -0.4 is 10.6 Å². The molecule has 0 bridgehead atoms. The van der Waals surface area contributed by atoms with Gasteiger partial charge in [0.25, 0.3) is 0 Å². The van der Waals surface area contributed by atoms with Crippen LogP contribution in [0.1, 0.15) is 44.2 Å². The van der Waals surface area contributed by atoms with Gasteiger partial charge < -0.3 is 10.6 Å². The molecule has 0 aromatic carbocycles. The Morgan fingerprint density at radius 1 is 1.33 bits per heavy atom. The first-order chi connectivity index (χ1) is 8.70. The van der Waals surface area contributed by atoms with E-state index in [2.05, 4.69) is 16.9 Å². The number of nitrogens with two attached hydrogens (primary N) is 1. The number of amidine groups is 1. The molecule has 0 spiro atoms. The molecule has 4 heteroatoms. The van der Waals surface area contributed by atoms with E-state index < -0.39 is 0 Å². The second-order valence-electron chi connectivity index (χ2n) is 5.04. The van der Waals surface area contributed by atoms with Crippen molar-refractivity contribution < 1.29 is 0 Å². The molecule has 18 heavy (non-hydrogen) atoms. The summed E-state index contributed by atoms with van der Waals surface area (Å²) in [5.74, 6) is 0.0473. The predicted molar refractivity (Wildman–Crippen MR) is 75.1 cm³/mol. The molecule has 3 N–H and O–H groups in total. The Kier molecular flexibility index (Phi) is 4.18. The number of hydrogen-bond donors (Lipinski definition) is 2. The van der Waals surface area contributed by atoms with Crippen LogP contribution in [0.2, 0.25) is 0 Å². The molecule has 1 aliphatic carbocycles. The minimum atomic E-state index is 0.0473. The van der Waals surface area contributed by atoms with Crippen molar-refractivity contribution in [2.75, 3.05) is 11.9 Å². The highest BCUT2D eigenvalue weighted by Crippen LogP contribution is 2.26. The van der Waals surface area contributed by atoms with Gasteiger partial charge in [0.15, 0.2) is 0 Å². The molecular formula is C14H22N4. The number of nitrogens with zero attached hydrogens (tertiary/aromatic N) is 2. The minimum absolute atomic E-state index is 0.0473. The zero-order valence-corrected chi connectivity index (χ0v) is 11.0. The van der Waals surface area contributed by atoms with Crippen LogP contribution in [-0.2, 0) is 0 Å². The summed E-state index contributed by atoms with van der Waals surface area (Å²) in [6.45, 7) is 0. The molecule has 1 fully saturated rings. The average molecular weight is 246 g/mol. The van der Waals surface area contributed by atoms with Gasteiger partial charge in [-0.3, -0.25) is 10.4 Å². The summed E-state index contributed by atoms with van der Waals surface area (Å²) in [7, 11) is 2.10. The first-order valence-electron chi connectivity index (χ1n) is 6.72. The molecule has 0 saturated heterocycles. The lowest BCUT2D eigenvalue weighted by molar-refractivity contribution is 0.552. The number of rotatable bonds is 3. The van der Waals surface area contributed by atoms with Gasteiger partial charge in [0.2, 0.25) is 0 Å². The number of aromatic nitrogens is 1. The Balaban J connectivity index is 2.21. The van der Waals surface area contributed by atoms with E-state index in [1.807, 2.05) is 12.1 Å². The fraction of sp³-hybridized carbons (Fsp3) is 0.571. The first-order valence-corrected chi connectivity index (χ1v) is 6.72. The second-order valence-corrected chi connectivity index (χ2v) is 5.04. The largest absolute Gasteiger partial charge is 0.382 e. The van der Waals surface area contributed by atoms with Crippen molar-refractivity contribution in [2.24, 2.45) is 5.73 Å².